The monoisotopic (exact) mass is 391 g/mol. The summed E-state index contributed by atoms with van der Waals surface area (Å²) in [5.41, 5.74) is 2.00. The molecule has 2 aromatic rings. The van der Waals surface area contributed by atoms with Crippen LogP contribution >= 0.6 is 0 Å². The molecule has 0 aliphatic carbocycles. The molecule has 1 amide bonds. The van der Waals surface area contributed by atoms with Gasteiger partial charge in [0, 0.05) is 19.6 Å². The van der Waals surface area contributed by atoms with E-state index in [4.69, 9.17) is 0 Å². The molecule has 0 spiro atoms. The molecule has 27 heavy (non-hydrogen) atoms. The molecular formula is C17H21N5O4S. The topological polar surface area (TPSA) is 99.0 Å². The summed E-state index contributed by atoms with van der Waals surface area (Å²) in [6, 6.07) is 9.23. The number of hydrogen-bond donors (Lipinski definition) is 1. The Hall–Kier alpha value is -2.59. The van der Waals surface area contributed by atoms with Gasteiger partial charge in [-0.15, -0.1) is 0 Å². The molecule has 144 valence electrons. The third-order valence-corrected chi connectivity index (χ3v) is 6.99. The lowest BCUT2D eigenvalue weighted by atomic mass is 10.2. The standard InChI is InChI=1S/C17H21N5O4S/c1-13-10-21-16(12-20(13)17(23)24)15(9-18-21)22-8-7-19(27(22,25)26)11-14-5-3-2-4-6-14/h2-6,9,13H,7-8,10-12H2,1H3,(H,23,24)/t13-/m0/s1. The number of carboxylic acid groups (broad SMARTS) is 1. The number of benzene rings is 1. The van der Waals surface area contributed by atoms with Gasteiger partial charge in [0.1, 0.15) is 0 Å². The second-order valence-electron chi connectivity index (χ2n) is 6.82. The largest absolute Gasteiger partial charge is 0.465 e. The third kappa shape index (κ3) is 3.04. The van der Waals surface area contributed by atoms with E-state index in [0.29, 0.717) is 37.6 Å². The number of nitrogens with zero attached hydrogens (tertiary/aromatic N) is 5. The van der Waals surface area contributed by atoms with Gasteiger partial charge in [-0.1, -0.05) is 30.3 Å². The number of fused-ring (bicyclic) bond motifs is 1. The van der Waals surface area contributed by atoms with Gasteiger partial charge in [0.15, 0.2) is 0 Å². The van der Waals surface area contributed by atoms with Crippen LogP contribution in [-0.2, 0) is 29.8 Å². The molecule has 1 aromatic heterocycles. The number of aromatic nitrogens is 2. The molecule has 9 nitrogen and oxygen atoms in total. The van der Waals surface area contributed by atoms with Crippen LogP contribution in [0, 0.1) is 0 Å². The van der Waals surface area contributed by atoms with Crippen molar-refractivity contribution in [2.24, 2.45) is 0 Å². The summed E-state index contributed by atoms with van der Waals surface area (Å²) in [5, 5.41) is 13.7. The highest BCUT2D eigenvalue weighted by Crippen LogP contribution is 2.32. The van der Waals surface area contributed by atoms with Gasteiger partial charge in [-0.3, -0.25) is 13.9 Å². The van der Waals surface area contributed by atoms with Crippen molar-refractivity contribution >= 4 is 22.0 Å². The SMILES string of the molecule is C[C@H]1Cn2ncc(N3CCN(Cc4ccccc4)S3(=O)=O)c2CN1C(=O)O. The first-order valence-electron chi connectivity index (χ1n) is 8.74. The predicted molar refractivity (Wildman–Crippen MR) is 98.4 cm³/mol. The van der Waals surface area contributed by atoms with E-state index in [1.807, 2.05) is 37.3 Å². The number of rotatable bonds is 3. The van der Waals surface area contributed by atoms with Gasteiger partial charge in [-0.25, -0.2) is 4.79 Å². The van der Waals surface area contributed by atoms with Crippen LogP contribution in [0.2, 0.25) is 0 Å². The van der Waals surface area contributed by atoms with Gasteiger partial charge in [0.05, 0.1) is 36.7 Å². The van der Waals surface area contributed by atoms with Crippen LogP contribution in [-0.4, -0.2) is 57.7 Å². The molecule has 0 bridgehead atoms. The van der Waals surface area contributed by atoms with Crippen molar-refractivity contribution in [2.75, 3.05) is 17.4 Å². The maximum absolute atomic E-state index is 13.0. The summed E-state index contributed by atoms with van der Waals surface area (Å²) in [5.74, 6) is 0. The van der Waals surface area contributed by atoms with Gasteiger partial charge >= 0.3 is 16.3 Å². The zero-order valence-electron chi connectivity index (χ0n) is 14.9. The molecule has 2 aliphatic heterocycles. The zero-order valence-corrected chi connectivity index (χ0v) is 15.7. The van der Waals surface area contributed by atoms with Crippen molar-refractivity contribution in [1.82, 2.24) is 19.0 Å². The second-order valence-corrected chi connectivity index (χ2v) is 8.67. The summed E-state index contributed by atoms with van der Waals surface area (Å²) < 4.78 is 30.6. The molecule has 2 aliphatic rings. The van der Waals surface area contributed by atoms with Crippen LogP contribution in [0.15, 0.2) is 36.5 Å². The number of hydrogen-bond acceptors (Lipinski definition) is 4. The summed E-state index contributed by atoms with van der Waals surface area (Å²) >= 11 is 0. The van der Waals surface area contributed by atoms with E-state index in [0.717, 1.165) is 5.56 Å². The van der Waals surface area contributed by atoms with Gasteiger partial charge in [0.25, 0.3) is 0 Å². The zero-order chi connectivity index (χ0) is 19.2. The second kappa shape index (κ2) is 6.54. The summed E-state index contributed by atoms with van der Waals surface area (Å²) in [7, 11) is -3.69. The highest BCUT2D eigenvalue weighted by molar-refractivity contribution is 7.90. The predicted octanol–water partition coefficient (Wildman–Crippen LogP) is 1.33. The van der Waals surface area contributed by atoms with Gasteiger partial charge < -0.3 is 5.11 Å². The quantitative estimate of drug-likeness (QED) is 0.851. The van der Waals surface area contributed by atoms with Gasteiger partial charge in [0.2, 0.25) is 0 Å². The maximum Gasteiger partial charge on any atom is 0.407 e. The Bertz CT molecular complexity index is 959. The number of anilines is 1. The van der Waals surface area contributed by atoms with Crippen molar-refractivity contribution in [3.8, 4) is 0 Å². The number of amides is 1. The Kier molecular flexibility index (Phi) is 4.31. The van der Waals surface area contributed by atoms with E-state index in [9.17, 15) is 18.3 Å². The van der Waals surface area contributed by atoms with Crippen LogP contribution in [0.4, 0.5) is 10.5 Å². The lowest BCUT2D eigenvalue weighted by Crippen LogP contribution is -2.44. The number of carbonyl (C=O) groups is 1. The molecule has 1 atom stereocenters. The van der Waals surface area contributed by atoms with E-state index in [1.165, 1.54) is 19.7 Å². The fraction of sp³-hybridized carbons (Fsp3) is 0.412. The molecule has 10 heteroatoms. The van der Waals surface area contributed by atoms with Crippen LogP contribution in [0.5, 0.6) is 0 Å². The maximum atomic E-state index is 13.0. The van der Waals surface area contributed by atoms with Crippen LogP contribution in [0.25, 0.3) is 0 Å². The molecule has 1 fully saturated rings. The molecule has 0 radical (unpaired) electrons. The van der Waals surface area contributed by atoms with E-state index in [-0.39, 0.29) is 12.6 Å². The smallest absolute Gasteiger partial charge is 0.407 e. The molecule has 4 rings (SSSR count). The molecule has 1 aromatic carbocycles. The normalized spacial score (nSPS) is 22.0. The van der Waals surface area contributed by atoms with Crippen LogP contribution in [0.1, 0.15) is 18.2 Å². The highest BCUT2D eigenvalue weighted by atomic mass is 32.2. The Labute approximate surface area is 157 Å². The van der Waals surface area contributed by atoms with Crippen molar-refractivity contribution in [1.29, 1.82) is 0 Å². The van der Waals surface area contributed by atoms with E-state index in [2.05, 4.69) is 5.10 Å². The fourth-order valence-corrected chi connectivity index (χ4v) is 5.23. The molecule has 1 saturated heterocycles. The van der Waals surface area contributed by atoms with Crippen LogP contribution < -0.4 is 4.31 Å². The van der Waals surface area contributed by atoms with E-state index < -0.39 is 16.3 Å². The van der Waals surface area contributed by atoms with Gasteiger partial charge in [-0.2, -0.15) is 17.8 Å². The average Bonchev–Trinajstić information content (AvgIpc) is 3.15. The minimum Gasteiger partial charge on any atom is -0.465 e. The minimum atomic E-state index is -3.69. The average molecular weight is 391 g/mol. The highest BCUT2D eigenvalue weighted by Gasteiger charge is 2.40. The first-order valence-corrected chi connectivity index (χ1v) is 10.1. The summed E-state index contributed by atoms with van der Waals surface area (Å²) in [4.78, 5) is 12.8. The molecule has 0 unspecified atom stereocenters. The molecular weight excluding hydrogens is 370 g/mol. The van der Waals surface area contributed by atoms with Crippen molar-refractivity contribution in [3.05, 3.63) is 47.8 Å². The lowest BCUT2D eigenvalue weighted by Gasteiger charge is -2.32. The van der Waals surface area contributed by atoms with E-state index in [1.54, 1.807) is 4.68 Å². The first kappa shape index (κ1) is 17.8. The summed E-state index contributed by atoms with van der Waals surface area (Å²) in [6.45, 7) is 3.34. The molecule has 0 saturated carbocycles. The Morgan fingerprint density at radius 1 is 1.26 bits per heavy atom. The Balaban J connectivity index is 1.61. The summed E-state index contributed by atoms with van der Waals surface area (Å²) in [6.07, 6.45) is 0.507. The fourth-order valence-electron chi connectivity index (χ4n) is 3.62. The Morgan fingerprint density at radius 2 is 2.00 bits per heavy atom. The minimum absolute atomic E-state index is 0.122. The van der Waals surface area contributed by atoms with Crippen molar-refractivity contribution < 1.29 is 18.3 Å². The van der Waals surface area contributed by atoms with Crippen molar-refractivity contribution in [3.63, 3.8) is 0 Å². The van der Waals surface area contributed by atoms with Crippen molar-refractivity contribution in [2.45, 2.75) is 32.6 Å². The third-order valence-electron chi connectivity index (χ3n) is 5.09. The van der Waals surface area contributed by atoms with Crippen LogP contribution in [0.3, 0.4) is 0 Å². The molecule has 3 heterocycles. The van der Waals surface area contributed by atoms with E-state index >= 15 is 0 Å². The molecule has 1 N–H and O–H groups in total. The van der Waals surface area contributed by atoms with Gasteiger partial charge in [-0.05, 0) is 12.5 Å². The first-order chi connectivity index (χ1) is 12.9. The Morgan fingerprint density at radius 3 is 2.70 bits per heavy atom. The lowest BCUT2D eigenvalue weighted by molar-refractivity contribution is 0.105.